The third kappa shape index (κ3) is 3.14. The molecule has 0 aromatic heterocycles. The number of carbonyl (C=O) groups is 1. The van der Waals surface area contributed by atoms with Crippen molar-refractivity contribution in [1.29, 1.82) is 0 Å². The zero-order chi connectivity index (χ0) is 13.1. The molecule has 5 nitrogen and oxygen atoms in total. The summed E-state index contributed by atoms with van der Waals surface area (Å²) in [6.45, 7) is 4.90. The standard InChI is InChI=1S/C13H24N2O3/c1-9-6-11(7-10(2)18-9)14-13(17)15-5-3-4-12(15)8-16/h9-12,16H,3-8H2,1-2H3,(H,14,17)/t9?,10?,11?,12-/m1/s1. The van der Waals surface area contributed by atoms with Gasteiger partial charge < -0.3 is 20.1 Å². The normalized spacial score (nSPS) is 36.7. The van der Waals surface area contributed by atoms with Crippen molar-refractivity contribution in [3.63, 3.8) is 0 Å². The molecule has 104 valence electrons. The fraction of sp³-hybridized carbons (Fsp3) is 0.923. The van der Waals surface area contributed by atoms with E-state index in [1.807, 2.05) is 13.8 Å². The van der Waals surface area contributed by atoms with Gasteiger partial charge in [0.25, 0.3) is 0 Å². The lowest BCUT2D eigenvalue weighted by molar-refractivity contribution is -0.0408. The number of ether oxygens (including phenoxy) is 1. The van der Waals surface area contributed by atoms with Gasteiger partial charge in [0.2, 0.25) is 0 Å². The van der Waals surface area contributed by atoms with E-state index in [1.54, 1.807) is 4.90 Å². The highest BCUT2D eigenvalue weighted by Gasteiger charge is 2.31. The second-order valence-electron chi connectivity index (χ2n) is 5.55. The Balaban J connectivity index is 1.86. The Hall–Kier alpha value is -0.810. The predicted molar refractivity (Wildman–Crippen MR) is 68.4 cm³/mol. The van der Waals surface area contributed by atoms with Gasteiger partial charge in [0.15, 0.2) is 0 Å². The SMILES string of the molecule is CC1CC(NC(=O)N2CCC[C@@H]2CO)CC(C)O1. The fourth-order valence-corrected chi connectivity index (χ4v) is 3.07. The number of likely N-dealkylation sites (tertiary alicyclic amines) is 1. The summed E-state index contributed by atoms with van der Waals surface area (Å²) in [4.78, 5) is 13.9. The minimum Gasteiger partial charge on any atom is -0.394 e. The summed E-state index contributed by atoms with van der Waals surface area (Å²) in [6, 6.07) is 0.161. The molecule has 2 unspecified atom stereocenters. The molecule has 18 heavy (non-hydrogen) atoms. The van der Waals surface area contributed by atoms with E-state index in [1.165, 1.54) is 0 Å². The van der Waals surface area contributed by atoms with Crippen molar-refractivity contribution in [2.75, 3.05) is 13.2 Å². The summed E-state index contributed by atoms with van der Waals surface area (Å²) in [5.41, 5.74) is 0. The van der Waals surface area contributed by atoms with Crippen LogP contribution >= 0.6 is 0 Å². The van der Waals surface area contributed by atoms with E-state index in [0.29, 0.717) is 0 Å². The summed E-state index contributed by atoms with van der Waals surface area (Å²) in [5, 5.41) is 12.3. The first kappa shape index (κ1) is 13.6. The number of aliphatic hydroxyl groups excluding tert-OH is 1. The average Bonchev–Trinajstić information content (AvgIpc) is 2.75. The molecule has 2 aliphatic rings. The maximum Gasteiger partial charge on any atom is 0.317 e. The Morgan fingerprint density at radius 1 is 1.39 bits per heavy atom. The summed E-state index contributed by atoms with van der Waals surface area (Å²) in [6.07, 6.45) is 4.03. The minimum atomic E-state index is -0.0298. The lowest BCUT2D eigenvalue weighted by Crippen LogP contribution is -2.50. The van der Waals surface area contributed by atoms with Crippen molar-refractivity contribution in [3.8, 4) is 0 Å². The van der Waals surface area contributed by atoms with Crippen LogP contribution in [0.25, 0.3) is 0 Å². The second-order valence-corrected chi connectivity index (χ2v) is 5.55. The Bertz CT molecular complexity index is 288. The number of hydrogen-bond acceptors (Lipinski definition) is 3. The van der Waals surface area contributed by atoms with Gasteiger partial charge in [-0.3, -0.25) is 0 Å². The highest BCUT2D eigenvalue weighted by molar-refractivity contribution is 5.75. The van der Waals surface area contributed by atoms with Crippen molar-refractivity contribution in [2.24, 2.45) is 0 Å². The molecule has 2 rings (SSSR count). The average molecular weight is 256 g/mol. The van der Waals surface area contributed by atoms with Crippen molar-refractivity contribution in [3.05, 3.63) is 0 Å². The lowest BCUT2D eigenvalue weighted by Gasteiger charge is -2.34. The predicted octanol–water partition coefficient (Wildman–Crippen LogP) is 1.11. The maximum atomic E-state index is 12.2. The smallest absolute Gasteiger partial charge is 0.317 e. The fourth-order valence-electron chi connectivity index (χ4n) is 3.07. The zero-order valence-electron chi connectivity index (χ0n) is 11.3. The number of nitrogens with zero attached hydrogens (tertiary/aromatic N) is 1. The van der Waals surface area contributed by atoms with E-state index in [-0.39, 0.29) is 36.9 Å². The highest BCUT2D eigenvalue weighted by Crippen LogP contribution is 2.21. The molecule has 2 aliphatic heterocycles. The monoisotopic (exact) mass is 256 g/mol. The van der Waals surface area contributed by atoms with Crippen molar-refractivity contribution in [2.45, 2.75) is 63.8 Å². The molecule has 2 saturated heterocycles. The van der Waals surface area contributed by atoms with Crippen LogP contribution in [0.15, 0.2) is 0 Å². The molecule has 5 heteroatoms. The number of rotatable bonds is 2. The first-order valence-electron chi connectivity index (χ1n) is 6.93. The van der Waals surface area contributed by atoms with Crippen LogP contribution < -0.4 is 5.32 Å². The second kappa shape index (κ2) is 5.89. The van der Waals surface area contributed by atoms with E-state index in [2.05, 4.69) is 5.32 Å². The molecule has 0 spiro atoms. The van der Waals surface area contributed by atoms with Gasteiger partial charge in [0.1, 0.15) is 0 Å². The van der Waals surface area contributed by atoms with Crippen LogP contribution in [0.5, 0.6) is 0 Å². The van der Waals surface area contributed by atoms with Crippen LogP contribution in [0.2, 0.25) is 0 Å². The lowest BCUT2D eigenvalue weighted by atomic mass is 10.00. The molecule has 2 heterocycles. The van der Waals surface area contributed by atoms with Crippen LogP contribution in [0, 0.1) is 0 Å². The Kier molecular flexibility index (Phi) is 4.45. The van der Waals surface area contributed by atoms with Gasteiger partial charge in [-0.15, -0.1) is 0 Å². The molecule has 0 aromatic carbocycles. The third-order valence-electron chi connectivity index (χ3n) is 3.87. The van der Waals surface area contributed by atoms with Gasteiger partial charge in [-0.1, -0.05) is 0 Å². The third-order valence-corrected chi connectivity index (χ3v) is 3.87. The van der Waals surface area contributed by atoms with E-state index in [0.717, 1.165) is 32.2 Å². The first-order valence-corrected chi connectivity index (χ1v) is 6.93. The Morgan fingerprint density at radius 3 is 2.67 bits per heavy atom. The number of aliphatic hydroxyl groups is 1. The number of amides is 2. The van der Waals surface area contributed by atoms with Crippen LogP contribution in [-0.4, -0.2) is 53.5 Å². The van der Waals surface area contributed by atoms with Gasteiger partial charge in [0, 0.05) is 12.6 Å². The number of nitrogens with one attached hydrogen (secondary N) is 1. The summed E-state index contributed by atoms with van der Waals surface area (Å²) in [7, 11) is 0. The maximum absolute atomic E-state index is 12.2. The van der Waals surface area contributed by atoms with E-state index in [4.69, 9.17) is 4.74 Å². The minimum absolute atomic E-state index is 0.000289. The zero-order valence-corrected chi connectivity index (χ0v) is 11.3. The summed E-state index contributed by atoms with van der Waals surface area (Å²) < 4.78 is 5.66. The molecular weight excluding hydrogens is 232 g/mol. The van der Waals surface area contributed by atoms with Gasteiger partial charge in [-0.25, -0.2) is 4.79 Å². The first-order chi connectivity index (χ1) is 8.60. The molecule has 0 radical (unpaired) electrons. The molecule has 0 bridgehead atoms. The van der Waals surface area contributed by atoms with E-state index >= 15 is 0 Å². The van der Waals surface area contributed by atoms with Gasteiger partial charge in [-0.05, 0) is 39.5 Å². The van der Waals surface area contributed by atoms with Crippen molar-refractivity contribution in [1.82, 2.24) is 10.2 Å². The topological polar surface area (TPSA) is 61.8 Å². The molecule has 2 fully saturated rings. The van der Waals surface area contributed by atoms with Crippen LogP contribution in [0.1, 0.15) is 39.5 Å². The molecule has 2 N–H and O–H groups in total. The molecule has 0 saturated carbocycles. The molecular formula is C13H24N2O3. The Labute approximate surface area is 108 Å². The van der Waals surface area contributed by atoms with Gasteiger partial charge in [0.05, 0.1) is 24.9 Å². The van der Waals surface area contributed by atoms with Crippen LogP contribution in [-0.2, 0) is 4.74 Å². The van der Waals surface area contributed by atoms with E-state index < -0.39 is 0 Å². The molecule has 0 aromatic rings. The quantitative estimate of drug-likeness (QED) is 0.778. The highest BCUT2D eigenvalue weighted by atomic mass is 16.5. The summed E-state index contributed by atoms with van der Waals surface area (Å²) in [5.74, 6) is 0. The summed E-state index contributed by atoms with van der Waals surface area (Å²) >= 11 is 0. The Morgan fingerprint density at radius 2 is 2.06 bits per heavy atom. The number of urea groups is 1. The van der Waals surface area contributed by atoms with Gasteiger partial charge >= 0.3 is 6.03 Å². The van der Waals surface area contributed by atoms with E-state index in [9.17, 15) is 9.90 Å². The van der Waals surface area contributed by atoms with Crippen LogP contribution in [0.4, 0.5) is 4.79 Å². The van der Waals surface area contributed by atoms with Gasteiger partial charge in [-0.2, -0.15) is 0 Å². The van der Waals surface area contributed by atoms with Crippen LogP contribution in [0.3, 0.4) is 0 Å². The van der Waals surface area contributed by atoms with Crippen molar-refractivity contribution >= 4 is 6.03 Å². The number of carbonyl (C=O) groups excluding carboxylic acids is 1. The molecule has 2 amide bonds. The van der Waals surface area contributed by atoms with Crippen molar-refractivity contribution < 1.29 is 14.6 Å². The largest absolute Gasteiger partial charge is 0.394 e. The number of hydrogen-bond donors (Lipinski definition) is 2. The molecule has 0 aliphatic carbocycles. The molecule has 3 atom stereocenters.